The van der Waals surface area contributed by atoms with E-state index in [0.717, 1.165) is 32.9 Å². The summed E-state index contributed by atoms with van der Waals surface area (Å²) in [6.45, 7) is 0. The molecular weight excluding hydrogens is 352 g/mol. The molecule has 2 amide bonds. The fourth-order valence-electron chi connectivity index (χ4n) is 4.00. The second-order valence-electron chi connectivity index (χ2n) is 7.25. The minimum absolute atomic E-state index is 0.144. The van der Waals surface area contributed by atoms with E-state index in [2.05, 4.69) is 20.6 Å². The Kier molecular flexibility index (Phi) is 3.90. The highest BCUT2D eigenvalue weighted by molar-refractivity contribution is 5.98. The zero-order chi connectivity index (χ0) is 19.1. The molecule has 0 unspecified atom stereocenters. The largest absolute Gasteiger partial charge is 0.361 e. The summed E-state index contributed by atoms with van der Waals surface area (Å²) in [4.78, 5) is 31.7. The lowest BCUT2D eigenvalue weighted by atomic mass is 9.98. The predicted octanol–water partition coefficient (Wildman–Crippen LogP) is 2.42. The van der Waals surface area contributed by atoms with E-state index in [-0.39, 0.29) is 11.8 Å². The number of carbonyl (C=O) groups excluding carboxylic acids is 2. The van der Waals surface area contributed by atoms with Gasteiger partial charge in [-0.25, -0.2) is 0 Å². The van der Waals surface area contributed by atoms with Gasteiger partial charge in [-0.05, 0) is 23.3 Å². The normalized spacial score (nSPS) is 19.7. The zero-order valence-electron chi connectivity index (χ0n) is 15.2. The average molecular weight is 372 g/mol. The van der Waals surface area contributed by atoms with Crippen LogP contribution in [0.1, 0.15) is 11.1 Å². The van der Waals surface area contributed by atoms with Crippen molar-refractivity contribution in [3.05, 3.63) is 72.1 Å². The minimum atomic E-state index is -0.564. The molecule has 28 heavy (non-hydrogen) atoms. The number of fused-ring (bicyclic) bond motifs is 2. The van der Waals surface area contributed by atoms with E-state index in [9.17, 15) is 9.59 Å². The smallest absolute Gasteiger partial charge is 0.243 e. The molecule has 0 saturated carbocycles. The van der Waals surface area contributed by atoms with Crippen LogP contribution in [0.15, 0.2) is 60.9 Å². The van der Waals surface area contributed by atoms with Crippen molar-refractivity contribution in [2.24, 2.45) is 0 Å². The summed E-state index contributed by atoms with van der Waals surface area (Å²) in [5.41, 5.74) is 4.09. The van der Waals surface area contributed by atoms with Crippen molar-refractivity contribution >= 4 is 33.6 Å². The highest BCUT2D eigenvalue weighted by atomic mass is 16.2. The summed E-state index contributed by atoms with van der Waals surface area (Å²) in [6, 6.07) is 14.8. The number of rotatable bonds is 4. The van der Waals surface area contributed by atoms with Gasteiger partial charge >= 0.3 is 0 Å². The lowest BCUT2D eigenvalue weighted by molar-refractivity contribution is -0.136. The SMILES string of the molecule is O=C1N[C@H](Cc2c[nH]c3ccccc23)C(=O)N[C@H]1Cc1c[nH]c2ccccc12. The molecule has 2 aromatic carbocycles. The molecule has 0 spiro atoms. The molecule has 1 saturated heterocycles. The van der Waals surface area contributed by atoms with Crippen molar-refractivity contribution in [2.75, 3.05) is 0 Å². The molecule has 0 radical (unpaired) electrons. The number of carbonyl (C=O) groups is 2. The first-order chi connectivity index (χ1) is 13.7. The number of nitrogens with one attached hydrogen (secondary N) is 4. The van der Waals surface area contributed by atoms with Crippen molar-refractivity contribution in [3.8, 4) is 0 Å². The average Bonchev–Trinajstić information content (AvgIpc) is 3.30. The number of H-pyrrole nitrogens is 2. The fourth-order valence-corrected chi connectivity index (χ4v) is 4.00. The highest BCUT2D eigenvalue weighted by Gasteiger charge is 2.34. The molecule has 6 heteroatoms. The zero-order valence-corrected chi connectivity index (χ0v) is 15.2. The summed E-state index contributed by atoms with van der Waals surface area (Å²) in [7, 11) is 0. The van der Waals surface area contributed by atoms with Gasteiger partial charge < -0.3 is 20.6 Å². The minimum Gasteiger partial charge on any atom is -0.361 e. The van der Waals surface area contributed by atoms with Gasteiger partial charge in [0.2, 0.25) is 11.8 Å². The third-order valence-electron chi connectivity index (χ3n) is 5.46. The number of benzene rings is 2. The van der Waals surface area contributed by atoms with Crippen LogP contribution in [-0.4, -0.2) is 33.9 Å². The fraction of sp³-hybridized carbons (Fsp3) is 0.182. The second kappa shape index (κ2) is 6.56. The van der Waals surface area contributed by atoms with Crippen LogP contribution in [0.5, 0.6) is 0 Å². The van der Waals surface area contributed by atoms with Crippen molar-refractivity contribution in [3.63, 3.8) is 0 Å². The van der Waals surface area contributed by atoms with E-state index < -0.39 is 12.1 Å². The monoisotopic (exact) mass is 372 g/mol. The Morgan fingerprint density at radius 2 is 1.07 bits per heavy atom. The summed E-state index contributed by atoms with van der Waals surface area (Å²) in [6.07, 6.45) is 4.73. The molecule has 2 aromatic heterocycles. The van der Waals surface area contributed by atoms with E-state index in [1.165, 1.54) is 0 Å². The molecule has 4 N–H and O–H groups in total. The predicted molar refractivity (Wildman–Crippen MR) is 108 cm³/mol. The molecule has 5 rings (SSSR count). The number of piperazine rings is 1. The molecule has 3 heterocycles. The van der Waals surface area contributed by atoms with Crippen LogP contribution in [0.25, 0.3) is 21.8 Å². The number of hydrogen-bond acceptors (Lipinski definition) is 2. The van der Waals surface area contributed by atoms with Gasteiger partial charge in [0.25, 0.3) is 0 Å². The Balaban J connectivity index is 1.32. The molecule has 1 aliphatic heterocycles. The van der Waals surface area contributed by atoms with Crippen LogP contribution in [0, 0.1) is 0 Å². The Morgan fingerprint density at radius 1 is 0.643 bits per heavy atom. The van der Waals surface area contributed by atoms with Gasteiger partial charge in [-0.2, -0.15) is 0 Å². The van der Waals surface area contributed by atoms with Gasteiger partial charge in [-0.1, -0.05) is 36.4 Å². The van der Waals surface area contributed by atoms with Gasteiger partial charge in [0.05, 0.1) is 0 Å². The molecule has 0 aliphatic carbocycles. The van der Waals surface area contributed by atoms with Crippen LogP contribution in [-0.2, 0) is 22.4 Å². The number of aromatic amines is 2. The molecule has 0 bridgehead atoms. The Hall–Kier alpha value is -3.54. The van der Waals surface area contributed by atoms with Gasteiger partial charge in [0, 0.05) is 47.0 Å². The van der Waals surface area contributed by atoms with E-state index in [1.807, 2.05) is 60.9 Å². The van der Waals surface area contributed by atoms with Crippen molar-refractivity contribution in [2.45, 2.75) is 24.9 Å². The molecule has 2 atom stereocenters. The van der Waals surface area contributed by atoms with Crippen molar-refractivity contribution in [1.82, 2.24) is 20.6 Å². The van der Waals surface area contributed by atoms with Crippen LogP contribution < -0.4 is 10.6 Å². The van der Waals surface area contributed by atoms with Crippen LogP contribution >= 0.6 is 0 Å². The second-order valence-corrected chi connectivity index (χ2v) is 7.25. The summed E-state index contributed by atoms with van der Waals surface area (Å²) >= 11 is 0. The molecule has 1 fully saturated rings. The standard InChI is InChI=1S/C22H20N4O2/c27-21-19(9-13-11-23-17-7-3-1-5-15(13)17)25-22(28)20(26-21)10-14-12-24-18-8-4-2-6-16(14)18/h1-8,11-12,19-20,23-24H,9-10H2,(H,25,28)(H,26,27)/t19-,20+. The summed E-state index contributed by atoms with van der Waals surface area (Å²) in [5.74, 6) is -0.288. The molecule has 140 valence electrons. The Labute approximate surface area is 161 Å². The number of para-hydroxylation sites is 2. The van der Waals surface area contributed by atoms with Crippen LogP contribution in [0.4, 0.5) is 0 Å². The summed E-state index contributed by atoms with van der Waals surface area (Å²) in [5, 5.41) is 7.96. The maximum atomic E-state index is 12.7. The number of aromatic nitrogens is 2. The first-order valence-electron chi connectivity index (χ1n) is 9.40. The number of amides is 2. The summed E-state index contributed by atoms with van der Waals surface area (Å²) < 4.78 is 0. The molecule has 4 aromatic rings. The van der Waals surface area contributed by atoms with Crippen molar-refractivity contribution < 1.29 is 9.59 Å². The lowest BCUT2D eigenvalue weighted by Gasteiger charge is -2.29. The van der Waals surface area contributed by atoms with Gasteiger partial charge in [-0.15, -0.1) is 0 Å². The maximum Gasteiger partial charge on any atom is 0.243 e. The van der Waals surface area contributed by atoms with Crippen LogP contribution in [0.2, 0.25) is 0 Å². The van der Waals surface area contributed by atoms with Crippen LogP contribution in [0.3, 0.4) is 0 Å². The molecular formula is C22H20N4O2. The Bertz CT molecular complexity index is 1100. The first kappa shape index (κ1) is 16.6. The topological polar surface area (TPSA) is 89.8 Å². The van der Waals surface area contributed by atoms with Gasteiger partial charge in [0.15, 0.2) is 0 Å². The molecule has 1 aliphatic rings. The quantitative estimate of drug-likeness (QED) is 0.443. The van der Waals surface area contributed by atoms with E-state index >= 15 is 0 Å². The van der Waals surface area contributed by atoms with E-state index in [1.54, 1.807) is 0 Å². The van der Waals surface area contributed by atoms with Gasteiger partial charge in [0.1, 0.15) is 12.1 Å². The van der Waals surface area contributed by atoms with E-state index in [4.69, 9.17) is 0 Å². The third kappa shape index (κ3) is 2.83. The maximum absolute atomic E-state index is 12.7. The van der Waals surface area contributed by atoms with Crippen molar-refractivity contribution in [1.29, 1.82) is 0 Å². The Morgan fingerprint density at radius 3 is 1.54 bits per heavy atom. The lowest BCUT2D eigenvalue weighted by Crippen LogP contribution is -2.62. The van der Waals surface area contributed by atoms with Gasteiger partial charge in [-0.3, -0.25) is 9.59 Å². The highest BCUT2D eigenvalue weighted by Crippen LogP contribution is 2.22. The number of hydrogen-bond donors (Lipinski definition) is 4. The third-order valence-corrected chi connectivity index (χ3v) is 5.46. The first-order valence-corrected chi connectivity index (χ1v) is 9.40. The molecule has 6 nitrogen and oxygen atoms in total. The van der Waals surface area contributed by atoms with E-state index in [0.29, 0.717) is 12.8 Å².